The Morgan fingerprint density at radius 2 is 2.00 bits per heavy atom. The van der Waals surface area contributed by atoms with Gasteiger partial charge in [0.25, 0.3) is 0 Å². The van der Waals surface area contributed by atoms with Gasteiger partial charge in [-0.1, -0.05) is 0 Å². The summed E-state index contributed by atoms with van der Waals surface area (Å²) in [4.78, 5) is 0. The van der Waals surface area contributed by atoms with Crippen LogP contribution in [0.3, 0.4) is 0 Å². The zero-order valence-corrected chi connectivity index (χ0v) is 6.69. The third kappa shape index (κ3) is 1.48. The van der Waals surface area contributed by atoms with Gasteiger partial charge in [0.2, 0.25) is 0 Å². The van der Waals surface area contributed by atoms with Crippen molar-refractivity contribution in [2.45, 2.75) is 12.6 Å². The van der Waals surface area contributed by atoms with Crippen LogP contribution in [0, 0.1) is 0 Å². The average Bonchev–Trinajstić information content (AvgIpc) is 2.47. The molecule has 0 saturated carbocycles. The van der Waals surface area contributed by atoms with Crippen LogP contribution in [0.1, 0.15) is 11.1 Å². The highest BCUT2D eigenvalue weighted by Gasteiger charge is 2.31. The summed E-state index contributed by atoms with van der Waals surface area (Å²) < 4.78 is 41.7. The smallest absolute Gasteiger partial charge is 0.416 e. The van der Waals surface area contributed by atoms with E-state index in [1.807, 2.05) is 0 Å². The van der Waals surface area contributed by atoms with E-state index in [2.05, 4.69) is 0 Å². The van der Waals surface area contributed by atoms with Crippen molar-refractivity contribution in [1.82, 2.24) is 0 Å². The van der Waals surface area contributed by atoms with Gasteiger partial charge < -0.3 is 4.74 Å². The van der Waals surface area contributed by atoms with Crippen molar-refractivity contribution in [1.29, 1.82) is 0 Å². The Morgan fingerprint density at radius 1 is 1.23 bits per heavy atom. The standard InChI is InChI=1S/C9H7F3O/c10-9(11,12)7-1-2-8-6(5-7)3-4-13-8/h1-2,5H,3-4H2. The van der Waals surface area contributed by atoms with E-state index < -0.39 is 11.7 Å². The van der Waals surface area contributed by atoms with Crippen LogP contribution < -0.4 is 4.74 Å². The van der Waals surface area contributed by atoms with E-state index in [0.717, 1.165) is 12.1 Å². The molecule has 1 aliphatic rings. The molecule has 0 saturated heterocycles. The third-order valence-corrected chi connectivity index (χ3v) is 2.02. The lowest BCUT2D eigenvalue weighted by molar-refractivity contribution is -0.137. The topological polar surface area (TPSA) is 9.23 Å². The molecule has 70 valence electrons. The first kappa shape index (κ1) is 8.41. The largest absolute Gasteiger partial charge is 0.493 e. The molecular weight excluding hydrogens is 181 g/mol. The quantitative estimate of drug-likeness (QED) is 0.608. The van der Waals surface area contributed by atoms with Crippen molar-refractivity contribution in [2.75, 3.05) is 6.61 Å². The fraction of sp³-hybridized carbons (Fsp3) is 0.333. The molecule has 1 heterocycles. The van der Waals surface area contributed by atoms with Gasteiger partial charge in [0, 0.05) is 6.42 Å². The van der Waals surface area contributed by atoms with Crippen LogP contribution in [-0.4, -0.2) is 6.61 Å². The second-order valence-electron chi connectivity index (χ2n) is 2.92. The molecule has 4 heteroatoms. The molecule has 0 N–H and O–H groups in total. The molecule has 0 radical (unpaired) electrons. The van der Waals surface area contributed by atoms with E-state index in [-0.39, 0.29) is 0 Å². The van der Waals surface area contributed by atoms with Crippen LogP contribution in [0.2, 0.25) is 0 Å². The first-order valence-corrected chi connectivity index (χ1v) is 3.90. The molecule has 13 heavy (non-hydrogen) atoms. The van der Waals surface area contributed by atoms with Gasteiger partial charge in [-0.3, -0.25) is 0 Å². The van der Waals surface area contributed by atoms with E-state index in [0.29, 0.717) is 24.3 Å². The minimum atomic E-state index is -4.25. The Bertz CT molecular complexity index is 330. The predicted octanol–water partition coefficient (Wildman–Crippen LogP) is 2.64. The minimum Gasteiger partial charge on any atom is -0.493 e. The Morgan fingerprint density at radius 3 is 2.69 bits per heavy atom. The third-order valence-electron chi connectivity index (χ3n) is 2.02. The Balaban J connectivity index is 2.42. The summed E-state index contributed by atoms with van der Waals surface area (Å²) in [5.41, 5.74) is 0.0478. The molecule has 1 aliphatic heterocycles. The molecule has 0 amide bonds. The summed E-state index contributed by atoms with van der Waals surface area (Å²) in [6, 6.07) is 3.58. The summed E-state index contributed by atoms with van der Waals surface area (Å²) in [6.07, 6.45) is -3.68. The van der Waals surface area contributed by atoms with Crippen LogP contribution in [0.25, 0.3) is 0 Å². The fourth-order valence-electron chi connectivity index (χ4n) is 1.36. The number of rotatable bonds is 0. The number of halogens is 3. The maximum atomic E-state index is 12.2. The maximum absolute atomic E-state index is 12.2. The van der Waals surface area contributed by atoms with Crippen molar-refractivity contribution in [3.05, 3.63) is 29.3 Å². The second-order valence-corrected chi connectivity index (χ2v) is 2.92. The predicted molar refractivity (Wildman–Crippen MR) is 40.6 cm³/mol. The molecule has 0 spiro atoms. The molecule has 1 nitrogen and oxygen atoms in total. The Labute approximate surface area is 73.1 Å². The number of hydrogen-bond acceptors (Lipinski definition) is 1. The van der Waals surface area contributed by atoms with Gasteiger partial charge in [0.15, 0.2) is 0 Å². The van der Waals surface area contributed by atoms with Crippen LogP contribution in [0.5, 0.6) is 5.75 Å². The zero-order valence-electron chi connectivity index (χ0n) is 6.69. The van der Waals surface area contributed by atoms with Gasteiger partial charge >= 0.3 is 6.18 Å². The molecule has 2 rings (SSSR count). The molecule has 0 bridgehead atoms. The number of fused-ring (bicyclic) bond motifs is 1. The number of hydrogen-bond donors (Lipinski definition) is 0. The van der Waals surface area contributed by atoms with Crippen LogP contribution in [-0.2, 0) is 12.6 Å². The van der Waals surface area contributed by atoms with E-state index >= 15 is 0 Å². The zero-order chi connectivity index (χ0) is 9.47. The van der Waals surface area contributed by atoms with E-state index in [1.165, 1.54) is 6.07 Å². The average molecular weight is 188 g/mol. The molecule has 0 aromatic heterocycles. The lowest BCUT2D eigenvalue weighted by atomic mass is 10.1. The summed E-state index contributed by atoms with van der Waals surface area (Å²) >= 11 is 0. The summed E-state index contributed by atoms with van der Waals surface area (Å²) in [5, 5.41) is 0. The van der Waals surface area contributed by atoms with Crippen molar-refractivity contribution in [3.63, 3.8) is 0 Å². The minimum absolute atomic E-state index is 0.483. The van der Waals surface area contributed by atoms with Gasteiger partial charge in [-0.05, 0) is 23.8 Å². The molecule has 1 aromatic rings. The molecular formula is C9H7F3O. The first-order chi connectivity index (χ1) is 6.07. The van der Waals surface area contributed by atoms with Crippen molar-refractivity contribution < 1.29 is 17.9 Å². The summed E-state index contributed by atoms with van der Waals surface area (Å²) in [6.45, 7) is 0.483. The van der Waals surface area contributed by atoms with Gasteiger partial charge in [-0.25, -0.2) is 0 Å². The Kier molecular flexibility index (Phi) is 1.71. The fourth-order valence-corrected chi connectivity index (χ4v) is 1.36. The number of ether oxygens (including phenoxy) is 1. The molecule has 0 atom stereocenters. The van der Waals surface area contributed by atoms with Gasteiger partial charge in [0.1, 0.15) is 5.75 Å². The normalized spacial score (nSPS) is 15.3. The van der Waals surface area contributed by atoms with Crippen molar-refractivity contribution in [2.24, 2.45) is 0 Å². The lowest BCUT2D eigenvalue weighted by Crippen LogP contribution is -2.04. The van der Waals surface area contributed by atoms with Gasteiger partial charge in [0.05, 0.1) is 12.2 Å². The first-order valence-electron chi connectivity index (χ1n) is 3.90. The van der Waals surface area contributed by atoms with Crippen LogP contribution >= 0.6 is 0 Å². The molecule has 1 aromatic carbocycles. The van der Waals surface area contributed by atoms with Crippen LogP contribution in [0.15, 0.2) is 18.2 Å². The Hall–Kier alpha value is -1.19. The number of alkyl halides is 3. The number of benzene rings is 1. The van der Waals surface area contributed by atoms with E-state index in [1.54, 1.807) is 0 Å². The highest BCUT2D eigenvalue weighted by atomic mass is 19.4. The summed E-state index contributed by atoms with van der Waals surface area (Å²) in [5.74, 6) is 0.577. The highest BCUT2D eigenvalue weighted by Crippen LogP contribution is 2.34. The highest BCUT2D eigenvalue weighted by molar-refractivity contribution is 5.40. The SMILES string of the molecule is FC(F)(F)c1ccc2c(c1)CCO2. The van der Waals surface area contributed by atoms with Crippen molar-refractivity contribution >= 4 is 0 Å². The van der Waals surface area contributed by atoms with Gasteiger partial charge in [-0.2, -0.15) is 13.2 Å². The van der Waals surface area contributed by atoms with Crippen molar-refractivity contribution in [3.8, 4) is 5.75 Å². The second kappa shape index (κ2) is 2.65. The molecule has 0 aliphatic carbocycles. The molecule has 0 fully saturated rings. The van der Waals surface area contributed by atoms with Crippen LogP contribution in [0.4, 0.5) is 13.2 Å². The summed E-state index contributed by atoms with van der Waals surface area (Å²) in [7, 11) is 0. The van der Waals surface area contributed by atoms with E-state index in [4.69, 9.17) is 4.74 Å². The maximum Gasteiger partial charge on any atom is 0.416 e. The molecule has 0 unspecified atom stereocenters. The van der Waals surface area contributed by atoms with E-state index in [9.17, 15) is 13.2 Å². The lowest BCUT2D eigenvalue weighted by Gasteiger charge is -2.07. The van der Waals surface area contributed by atoms with Gasteiger partial charge in [-0.15, -0.1) is 0 Å². The monoisotopic (exact) mass is 188 g/mol.